The molecule has 0 atom stereocenters. The van der Waals surface area contributed by atoms with Crippen LogP contribution in [-0.2, 0) is 0 Å². The van der Waals surface area contributed by atoms with Crippen LogP contribution in [0.1, 0.15) is 34.3 Å². The fraction of sp³-hybridized carbons (Fsp3) is 0.353. The summed E-state index contributed by atoms with van der Waals surface area (Å²) in [6.45, 7) is 4.81. The van der Waals surface area contributed by atoms with Gasteiger partial charge in [-0.05, 0) is 55.9 Å². The number of amides is 1. The molecule has 1 heterocycles. The molecule has 22 heavy (non-hydrogen) atoms. The summed E-state index contributed by atoms with van der Waals surface area (Å²) in [6.07, 6.45) is 2.37. The van der Waals surface area contributed by atoms with E-state index in [1.807, 2.05) is 18.2 Å². The maximum Gasteiger partial charge on any atom is 0.258 e. The topological polar surface area (TPSA) is 61.4 Å². The van der Waals surface area contributed by atoms with Gasteiger partial charge in [-0.25, -0.2) is 0 Å². The molecule has 0 bridgehead atoms. The molecule has 0 aliphatic heterocycles. The second-order valence-corrected chi connectivity index (χ2v) is 6.78. The molecule has 0 saturated heterocycles. The number of carbonyl (C=O) groups excluding carboxylic acids is 1. The average Bonchev–Trinajstić information content (AvgIpc) is 3.24. The number of rotatable bonds is 5. The van der Waals surface area contributed by atoms with Gasteiger partial charge in [-0.1, -0.05) is 6.07 Å². The van der Waals surface area contributed by atoms with Crippen molar-refractivity contribution in [3.05, 3.63) is 40.3 Å². The summed E-state index contributed by atoms with van der Waals surface area (Å²) in [6, 6.07) is 6.06. The van der Waals surface area contributed by atoms with Crippen LogP contribution in [0.5, 0.6) is 5.75 Å². The molecule has 1 aliphatic carbocycles. The van der Waals surface area contributed by atoms with Crippen molar-refractivity contribution in [3.8, 4) is 5.75 Å². The van der Waals surface area contributed by atoms with Crippen LogP contribution < -0.4 is 10.6 Å². The minimum absolute atomic E-state index is 0.0321. The fourth-order valence-corrected chi connectivity index (χ4v) is 3.10. The summed E-state index contributed by atoms with van der Waals surface area (Å²) in [4.78, 5) is 12.3. The molecule has 1 aromatic heterocycles. The second-order valence-electron chi connectivity index (χ2n) is 5.90. The fourth-order valence-electron chi connectivity index (χ4n) is 2.26. The molecule has 0 radical (unpaired) electrons. The van der Waals surface area contributed by atoms with Gasteiger partial charge in [0.25, 0.3) is 5.91 Å². The largest absolute Gasteiger partial charge is 0.506 e. The van der Waals surface area contributed by atoms with Crippen LogP contribution in [0.25, 0.3) is 0 Å². The third-order valence-electron chi connectivity index (χ3n) is 4.01. The van der Waals surface area contributed by atoms with Crippen molar-refractivity contribution in [3.63, 3.8) is 0 Å². The Morgan fingerprint density at radius 1 is 1.32 bits per heavy atom. The number of hydrogen-bond acceptors (Lipinski definition) is 4. The van der Waals surface area contributed by atoms with Crippen LogP contribution in [0.3, 0.4) is 0 Å². The van der Waals surface area contributed by atoms with Crippen molar-refractivity contribution in [1.29, 1.82) is 0 Å². The number of hydrogen-bond donors (Lipinski definition) is 3. The maximum atomic E-state index is 12.3. The molecule has 1 aromatic carbocycles. The molecule has 1 amide bonds. The molecular weight excluding hydrogens is 296 g/mol. The van der Waals surface area contributed by atoms with E-state index in [-0.39, 0.29) is 11.7 Å². The van der Waals surface area contributed by atoms with Gasteiger partial charge >= 0.3 is 0 Å². The molecule has 1 fully saturated rings. The molecule has 116 valence electrons. The Labute approximate surface area is 134 Å². The van der Waals surface area contributed by atoms with Gasteiger partial charge in [-0.15, -0.1) is 11.3 Å². The lowest BCUT2D eigenvalue weighted by Crippen LogP contribution is -2.25. The number of aryl methyl sites for hydroxylation is 2. The Balaban J connectivity index is 1.78. The van der Waals surface area contributed by atoms with Gasteiger partial charge in [-0.3, -0.25) is 4.79 Å². The first-order chi connectivity index (χ1) is 10.5. The Morgan fingerprint density at radius 2 is 2.09 bits per heavy atom. The zero-order valence-electron chi connectivity index (χ0n) is 12.8. The standard InChI is InChI=1S/C17H20N2O2S/c1-10-3-6-13(7-11(10)2)19-17-15(14(20)9-22-17)16(21)18-8-12-4-5-12/h3,6-7,9,12,19-20H,4-5,8H2,1-2H3,(H,18,21). The van der Waals surface area contributed by atoms with E-state index in [2.05, 4.69) is 24.5 Å². The van der Waals surface area contributed by atoms with Gasteiger partial charge < -0.3 is 15.7 Å². The number of anilines is 2. The van der Waals surface area contributed by atoms with Gasteiger partial charge in [0.2, 0.25) is 0 Å². The minimum Gasteiger partial charge on any atom is -0.506 e. The van der Waals surface area contributed by atoms with Crippen LogP contribution in [-0.4, -0.2) is 17.6 Å². The van der Waals surface area contributed by atoms with Crippen molar-refractivity contribution in [2.75, 3.05) is 11.9 Å². The van der Waals surface area contributed by atoms with E-state index < -0.39 is 0 Å². The monoisotopic (exact) mass is 316 g/mol. The Morgan fingerprint density at radius 3 is 2.77 bits per heavy atom. The first-order valence-electron chi connectivity index (χ1n) is 7.47. The summed E-state index contributed by atoms with van der Waals surface area (Å²) in [5.74, 6) is 0.433. The van der Waals surface area contributed by atoms with Crippen molar-refractivity contribution in [1.82, 2.24) is 5.32 Å². The van der Waals surface area contributed by atoms with Gasteiger partial charge in [0, 0.05) is 17.6 Å². The first-order valence-corrected chi connectivity index (χ1v) is 8.35. The van der Waals surface area contributed by atoms with Gasteiger partial charge in [0.05, 0.1) is 0 Å². The van der Waals surface area contributed by atoms with E-state index >= 15 is 0 Å². The Hall–Kier alpha value is -2.01. The molecule has 1 aliphatic rings. The third-order valence-corrected chi connectivity index (χ3v) is 4.89. The summed E-state index contributed by atoms with van der Waals surface area (Å²) in [5, 5.41) is 18.4. The lowest BCUT2D eigenvalue weighted by Gasteiger charge is -2.10. The molecule has 4 nitrogen and oxygen atoms in total. The smallest absolute Gasteiger partial charge is 0.258 e. The Bertz CT molecular complexity index is 705. The van der Waals surface area contributed by atoms with E-state index in [1.54, 1.807) is 5.38 Å². The van der Waals surface area contributed by atoms with E-state index in [1.165, 1.54) is 35.3 Å². The van der Waals surface area contributed by atoms with E-state index in [0.717, 1.165) is 5.69 Å². The second kappa shape index (κ2) is 6.01. The van der Waals surface area contributed by atoms with Gasteiger partial charge in [0.1, 0.15) is 16.3 Å². The molecular formula is C17H20N2O2S. The zero-order chi connectivity index (χ0) is 15.7. The van der Waals surface area contributed by atoms with Crippen molar-refractivity contribution in [2.24, 2.45) is 5.92 Å². The predicted octanol–water partition coefficient (Wildman–Crippen LogP) is 3.95. The highest BCUT2D eigenvalue weighted by molar-refractivity contribution is 7.15. The van der Waals surface area contributed by atoms with Crippen molar-refractivity contribution in [2.45, 2.75) is 26.7 Å². The number of thiophene rings is 1. The normalized spacial score (nSPS) is 13.9. The van der Waals surface area contributed by atoms with E-state index in [9.17, 15) is 9.90 Å². The SMILES string of the molecule is Cc1ccc(Nc2scc(O)c2C(=O)NCC2CC2)cc1C. The predicted molar refractivity (Wildman–Crippen MR) is 90.2 cm³/mol. The summed E-state index contributed by atoms with van der Waals surface area (Å²) < 4.78 is 0. The van der Waals surface area contributed by atoms with Crippen molar-refractivity contribution >= 4 is 27.9 Å². The molecule has 1 saturated carbocycles. The highest BCUT2D eigenvalue weighted by Crippen LogP contribution is 2.36. The number of nitrogens with one attached hydrogen (secondary N) is 2. The number of benzene rings is 1. The highest BCUT2D eigenvalue weighted by Gasteiger charge is 2.24. The van der Waals surface area contributed by atoms with E-state index in [4.69, 9.17) is 0 Å². The first kappa shape index (κ1) is 14.9. The molecule has 3 rings (SSSR count). The summed E-state index contributed by atoms with van der Waals surface area (Å²) in [7, 11) is 0. The zero-order valence-corrected chi connectivity index (χ0v) is 13.6. The van der Waals surface area contributed by atoms with E-state index in [0.29, 0.717) is 23.0 Å². The number of aromatic hydroxyl groups is 1. The number of carbonyl (C=O) groups is 1. The van der Waals surface area contributed by atoms with Gasteiger partial charge in [-0.2, -0.15) is 0 Å². The Kier molecular flexibility index (Phi) is 4.07. The van der Waals surface area contributed by atoms with Gasteiger partial charge in [0.15, 0.2) is 0 Å². The van der Waals surface area contributed by atoms with Crippen molar-refractivity contribution < 1.29 is 9.90 Å². The van der Waals surface area contributed by atoms with Crippen LogP contribution in [0.2, 0.25) is 0 Å². The highest BCUT2D eigenvalue weighted by atomic mass is 32.1. The molecule has 3 N–H and O–H groups in total. The van der Waals surface area contributed by atoms with Crippen LogP contribution in [0.4, 0.5) is 10.7 Å². The van der Waals surface area contributed by atoms with Crippen LogP contribution in [0.15, 0.2) is 23.6 Å². The third kappa shape index (κ3) is 3.25. The lowest BCUT2D eigenvalue weighted by molar-refractivity contribution is 0.0950. The average molecular weight is 316 g/mol. The van der Waals surface area contributed by atoms with Crippen LogP contribution >= 0.6 is 11.3 Å². The molecule has 2 aromatic rings. The maximum absolute atomic E-state index is 12.3. The minimum atomic E-state index is -0.211. The summed E-state index contributed by atoms with van der Waals surface area (Å²) in [5.41, 5.74) is 3.66. The molecule has 5 heteroatoms. The quantitative estimate of drug-likeness (QED) is 0.782. The van der Waals surface area contributed by atoms with Crippen LogP contribution in [0, 0.1) is 19.8 Å². The lowest BCUT2D eigenvalue weighted by atomic mass is 10.1. The summed E-state index contributed by atoms with van der Waals surface area (Å²) >= 11 is 1.34. The molecule has 0 spiro atoms. The molecule has 0 unspecified atom stereocenters.